The van der Waals surface area contributed by atoms with E-state index in [0.717, 1.165) is 25.0 Å². The van der Waals surface area contributed by atoms with Crippen molar-refractivity contribution in [3.05, 3.63) is 42.0 Å². The van der Waals surface area contributed by atoms with Gasteiger partial charge in [0.1, 0.15) is 17.5 Å². The molecule has 2 heteroatoms. The zero-order valence-electron chi connectivity index (χ0n) is 12.5. The smallest absolute Gasteiger partial charge is 0.129 e. The minimum absolute atomic E-state index is 0.0806. The molecule has 0 radical (unpaired) electrons. The van der Waals surface area contributed by atoms with E-state index in [-0.39, 0.29) is 12.0 Å². The highest BCUT2D eigenvalue weighted by atomic mass is 16.5. The first kappa shape index (κ1) is 14.2. The SMILES string of the molecule is CC(O)(C#CC1=CCCCC1)C1CC1Oc1ccccc1. The van der Waals surface area contributed by atoms with Crippen LogP contribution in [0.25, 0.3) is 0 Å². The first-order valence-corrected chi connectivity index (χ1v) is 7.81. The van der Waals surface area contributed by atoms with Gasteiger partial charge >= 0.3 is 0 Å². The quantitative estimate of drug-likeness (QED) is 0.856. The van der Waals surface area contributed by atoms with E-state index < -0.39 is 5.60 Å². The minimum Gasteiger partial charge on any atom is -0.490 e. The van der Waals surface area contributed by atoms with E-state index in [2.05, 4.69) is 17.9 Å². The van der Waals surface area contributed by atoms with E-state index >= 15 is 0 Å². The van der Waals surface area contributed by atoms with Gasteiger partial charge in [-0.2, -0.15) is 0 Å². The Morgan fingerprint density at radius 1 is 1.24 bits per heavy atom. The molecule has 3 unspecified atom stereocenters. The summed E-state index contributed by atoms with van der Waals surface area (Å²) in [7, 11) is 0. The number of rotatable bonds is 3. The average molecular weight is 282 g/mol. The summed E-state index contributed by atoms with van der Waals surface area (Å²) in [4.78, 5) is 0. The van der Waals surface area contributed by atoms with Crippen molar-refractivity contribution in [1.29, 1.82) is 0 Å². The predicted octanol–water partition coefficient (Wildman–Crippen LogP) is 3.71. The fourth-order valence-corrected chi connectivity index (χ4v) is 2.82. The highest BCUT2D eigenvalue weighted by Gasteiger charge is 2.51. The third-order valence-corrected chi connectivity index (χ3v) is 4.25. The highest BCUT2D eigenvalue weighted by Crippen LogP contribution is 2.42. The lowest BCUT2D eigenvalue weighted by molar-refractivity contribution is 0.0803. The fourth-order valence-electron chi connectivity index (χ4n) is 2.82. The molecular weight excluding hydrogens is 260 g/mol. The summed E-state index contributed by atoms with van der Waals surface area (Å²) in [6.07, 6.45) is 7.81. The lowest BCUT2D eigenvalue weighted by Gasteiger charge is -2.17. The van der Waals surface area contributed by atoms with Crippen molar-refractivity contribution in [2.24, 2.45) is 5.92 Å². The summed E-state index contributed by atoms with van der Waals surface area (Å²) in [6.45, 7) is 1.81. The predicted molar refractivity (Wildman–Crippen MR) is 83.9 cm³/mol. The van der Waals surface area contributed by atoms with Crippen LogP contribution in [0.4, 0.5) is 0 Å². The molecule has 2 aliphatic rings. The zero-order chi connectivity index (χ0) is 14.7. The molecule has 3 atom stereocenters. The third-order valence-electron chi connectivity index (χ3n) is 4.25. The molecule has 0 aromatic heterocycles. The Bertz CT molecular complexity index is 575. The van der Waals surface area contributed by atoms with E-state index in [9.17, 15) is 5.11 Å². The summed E-state index contributed by atoms with van der Waals surface area (Å²) >= 11 is 0. The second-order valence-electron chi connectivity index (χ2n) is 6.18. The minimum atomic E-state index is -0.961. The fraction of sp³-hybridized carbons (Fsp3) is 0.474. The van der Waals surface area contributed by atoms with E-state index in [1.165, 1.54) is 18.4 Å². The molecule has 110 valence electrons. The van der Waals surface area contributed by atoms with Crippen LogP contribution in [0.5, 0.6) is 5.75 Å². The lowest BCUT2D eigenvalue weighted by atomic mass is 9.97. The average Bonchev–Trinajstić information content (AvgIpc) is 3.28. The molecule has 21 heavy (non-hydrogen) atoms. The molecule has 0 amide bonds. The molecule has 1 fully saturated rings. The molecular formula is C19H22O2. The van der Waals surface area contributed by atoms with Gasteiger partial charge in [0.15, 0.2) is 0 Å². The lowest BCUT2D eigenvalue weighted by Crippen LogP contribution is -2.27. The number of para-hydroxylation sites is 1. The van der Waals surface area contributed by atoms with E-state index in [4.69, 9.17) is 4.74 Å². The van der Waals surface area contributed by atoms with Gasteiger partial charge in [-0.05, 0) is 56.7 Å². The van der Waals surface area contributed by atoms with Crippen LogP contribution in [0, 0.1) is 17.8 Å². The molecule has 3 rings (SSSR count). The van der Waals surface area contributed by atoms with Crippen molar-refractivity contribution in [2.75, 3.05) is 0 Å². The monoisotopic (exact) mass is 282 g/mol. The number of ether oxygens (including phenoxy) is 1. The summed E-state index contributed by atoms with van der Waals surface area (Å²) in [6, 6.07) is 9.78. The van der Waals surface area contributed by atoms with E-state index in [1.54, 1.807) is 0 Å². The highest BCUT2D eigenvalue weighted by molar-refractivity contribution is 5.34. The van der Waals surface area contributed by atoms with Gasteiger partial charge in [0.25, 0.3) is 0 Å². The van der Waals surface area contributed by atoms with Gasteiger partial charge in [-0.1, -0.05) is 36.1 Å². The molecule has 0 bridgehead atoms. The van der Waals surface area contributed by atoms with Crippen LogP contribution >= 0.6 is 0 Å². The molecule has 2 aliphatic carbocycles. The Morgan fingerprint density at radius 2 is 2.05 bits per heavy atom. The number of hydrogen-bond donors (Lipinski definition) is 1. The van der Waals surface area contributed by atoms with Gasteiger partial charge < -0.3 is 9.84 Å². The first-order valence-electron chi connectivity index (χ1n) is 7.81. The maximum Gasteiger partial charge on any atom is 0.129 e. The van der Waals surface area contributed by atoms with Crippen LogP contribution in [0.15, 0.2) is 42.0 Å². The number of benzene rings is 1. The largest absolute Gasteiger partial charge is 0.490 e. The van der Waals surface area contributed by atoms with Gasteiger partial charge in [0, 0.05) is 5.92 Å². The number of aliphatic hydroxyl groups is 1. The van der Waals surface area contributed by atoms with Crippen LogP contribution in [-0.4, -0.2) is 16.8 Å². The molecule has 2 nitrogen and oxygen atoms in total. The molecule has 0 spiro atoms. The zero-order valence-corrected chi connectivity index (χ0v) is 12.5. The van der Waals surface area contributed by atoms with E-state index in [0.29, 0.717) is 0 Å². The Morgan fingerprint density at radius 3 is 2.76 bits per heavy atom. The van der Waals surface area contributed by atoms with Gasteiger partial charge in [-0.15, -0.1) is 0 Å². The Balaban J connectivity index is 1.59. The summed E-state index contributed by atoms with van der Waals surface area (Å²) in [5, 5.41) is 10.6. The van der Waals surface area contributed by atoms with Crippen LogP contribution in [0.2, 0.25) is 0 Å². The maximum atomic E-state index is 10.6. The molecule has 0 aliphatic heterocycles. The second kappa shape index (κ2) is 5.95. The van der Waals surface area contributed by atoms with Crippen molar-refractivity contribution in [2.45, 2.75) is 50.7 Å². The number of hydrogen-bond acceptors (Lipinski definition) is 2. The Kier molecular flexibility index (Phi) is 4.03. The molecule has 1 aromatic rings. The van der Waals surface area contributed by atoms with Crippen LogP contribution in [0.1, 0.15) is 39.0 Å². The summed E-state index contributed by atoms with van der Waals surface area (Å²) in [5.74, 6) is 7.21. The molecule has 1 aromatic carbocycles. The maximum absolute atomic E-state index is 10.6. The molecule has 0 heterocycles. The van der Waals surface area contributed by atoms with Gasteiger partial charge in [0.05, 0.1) is 0 Å². The Hall–Kier alpha value is -1.72. The Labute approximate surface area is 126 Å². The standard InChI is InChI=1S/C19H22O2/c1-19(20,13-12-15-8-4-2-5-9-15)17-14-18(17)21-16-10-6-3-7-11-16/h3,6-8,10-11,17-18,20H,2,4-5,9,14H2,1H3. The molecule has 1 saturated carbocycles. The summed E-state index contributed by atoms with van der Waals surface area (Å²) < 4.78 is 5.87. The van der Waals surface area contributed by atoms with E-state index in [1.807, 2.05) is 37.3 Å². The normalized spacial score (nSPS) is 26.9. The second-order valence-corrected chi connectivity index (χ2v) is 6.18. The van der Waals surface area contributed by atoms with Crippen molar-refractivity contribution in [3.63, 3.8) is 0 Å². The van der Waals surface area contributed by atoms with Crippen LogP contribution in [0.3, 0.4) is 0 Å². The number of allylic oxidation sites excluding steroid dienone is 2. The topological polar surface area (TPSA) is 29.5 Å². The van der Waals surface area contributed by atoms with Gasteiger partial charge in [-0.3, -0.25) is 0 Å². The van der Waals surface area contributed by atoms with Crippen LogP contribution in [-0.2, 0) is 0 Å². The van der Waals surface area contributed by atoms with Crippen molar-refractivity contribution >= 4 is 0 Å². The van der Waals surface area contributed by atoms with Gasteiger partial charge in [0.2, 0.25) is 0 Å². The first-order chi connectivity index (χ1) is 10.1. The molecule has 0 saturated heterocycles. The van der Waals surface area contributed by atoms with Crippen molar-refractivity contribution in [1.82, 2.24) is 0 Å². The van der Waals surface area contributed by atoms with Crippen LogP contribution < -0.4 is 4.74 Å². The molecule has 1 N–H and O–H groups in total. The van der Waals surface area contributed by atoms with Crippen molar-refractivity contribution < 1.29 is 9.84 Å². The summed E-state index contributed by atoms with van der Waals surface area (Å²) in [5.41, 5.74) is 0.222. The third kappa shape index (κ3) is 3.68. The van der Waals surface area contributed by atoms with Crippen molar-refractivity contribution in [3.8, 4) is 17.6 Å². The van der Waals surface area contributed by atoms with Gasteiger partial charge in [-0.25, -0.2) is 0 Å².